The van der Waals surface area contributed by atoms with Crippen LogP contribution in [0.2, 0.25) is 0 Å². The number of anilines is 1. The number of rotatable bonds is 5. The predicted molar refractivity (Wildman–Crippen MR) is 105 cm³/mol. The average Bonchev–Trinajstić information content (AvgIpc) is 2.87. The van der Waals surface area contributed by atoms with E-state index in [1.54, 1.807) is 11.6 Å². The first-order valence-electron chi connectivity index (χ1n) is 8.83. The highest BCUT2D eigenvalue weighted by molar-refractivity contribution is 5.97. The summed E-state index contributed by atoms with van der Waals surface area (Å²) in [4.78, 5) is 24.6. The van der Waals surface area contributed by atoms with Crippen LogP contribution in [-0.2, 0) is 27.8 Å². The topological polar surface area (TPSA) is 73.2 Å². The van der Waals surface area contributed by atoms with E-state index in [0.29, 0.717) is 5.69 Å². The third-order valence-corrected chi connectivity index (χ3v) is 4.67. The van der Waals surface area contributed by atoms with Crippen LogP contribution in [0.4, 0.5) is 5.69 Å². The molecule has 0 radical (unpaired) electrons. The third-order valence-electron chi connectivity index (χ3n) is 4.67. The summed E-state index contributed by atoms with van der Waals surface area (Å²) in [7, 11) is 1.83. The van der Waals surface area contributed by atoms with Crippen molar-refractivity contribution in [1.82, 2.24) is 9.78 Å². The fourth-order valence-electron chi connectivity index (χ4n) is 3.02. The van der Waals surface area contributed by atoms with Gasteiger partial charge in [-0.2, -0.15) is 5.10 Å². The minimum Gasteiger partial charge on any atom is -0.452 e. The van der Waals surface area contributed by atoms with Gasteiger partial charge in [0, 0.05) is 24.0 Å². The van der Waals surface area contributed by atoms with Crippen molar-refractivity contribution in [3.8, 4) is 0 Å². The van der Waals surface area contributed by atoms with Gasteiger partial charge in [0.2, 0.25) is 0 Å². The van der Waals surface area contributed by atoms with Crippen molar-refractivity contribution in [2.45, 2.75) is 33.3 Å². The Morgan fingerprint density at radius 1 is 1.15 bits per heavy atom. The van der Waals surface area contributed by atoms with E-state index in [0.717, 1.165) is 27.7 Å². The second-order valence-corrected chi connectivity index (χ2v) is 6.63. The molecule has 1 atom stereocenters. The van der Waals surface area contributed by atoms with Crippen LogP contribution >= 0.6 is 0 Å². The molecular formula is C21H23N3O3. The molecule has 0 bridgehead atoms. The van der Waals surface area contributed by atoms with Crippen molar-refractivity contribution < 1.29 is 14.3 Å². The van der Waals surface area contributed by atoms with Crippen molar-refractivity contribution in [2.24, 2.45) is 7.05 Å². The van der Waals surface area contributed by atoms with Crippen LogP contribution in [0.3, 0.4) is 0 Å². The maximum atomic E-state index is 12.4. The van der Waals surface area contributed by atoms with Gasteiger partial charge in [0.1, 0.15) is 0 Å². The summed E-state index contributed by atoms with van der Waals surface area (Å²) < 4.78 is 7.04. The van der Waals surface area contributed by atoms with E-state index in [9.17, 15) is 9.59 Å². The zero-order valence-corrected chi connectivity index (χ0v) is 15.9. The lowest BCUT2D eigenvalue weighted by molar-refractivity contribution is -0.152. The summed E-state index contributed by atoms with van der Waals surface area (Å²) >= 11 is 0. The first-order valence-corrected chi connectivity index (χ1v) is 8.83. The van der Waals surface area contributed by atoms with Crippen LogP contribution in [0.25, 0.3) is 10.8 Å². The van der Waals surface area contributed by atoms with Gasteiger partial charge in [0.05, 0.1) is 12.1 Å². The fraction of sp³-hybridized carbons (Fsp3) is 0.286. The van der Waals surface area contributed by atoms with Gasteiger partial charge in [0.25, 0.3) is 5.91 Å². The van der Waals surface area contributed by atoms with Crippen molar-refractivity contribution >= 4 is 28.3 Å². The molecule has 0 spiro atoms. The smallest absolute Gasteiger partial charge is 0.311 e. The summed E-state index contributed by atoms with van der Waals surface area (Å²) in [5.41, 5.74) is 3.21. The normalized spacial score (nSPS) is 12.0. The van der Waals surface area contributed by atoms with Gasteiger partial charge in [-0.15, -0.1) is 0 Å². The molecule has 3 rings (SSSR count). The summed E-state index contributed by atoms with van der Waals surface area (Å²) in [5, 5.41) is 9.21. The van der Waals surface area contributed by atoms with Crippen molar-refractivity contribution in [2.75, 3.05) is 5.32 Å². The van der Waals surface area contributed by atoms with Crippen LogP contribution in [0, 0.1) is 13.8 Å². The van der Waals surface area contributed by atoms with Crippen molar-refractivity contribution in [3.63, 3.8) is 0 Å². The standard InChI is InChI=1S/C21H23N3O3/c1-13-19(14(2)24(4)23-13)12-20(25)27-15(3)21(26)22-18-10-9-16-7-5-6-8-17(16)11-18/h5-11,15H,12H2,1-4H3,(H,22,26). The van der Waals surface area contributed by atoms with Crippen molar-refractivity contribution in [1.29, 1.82) is 0 Å². The predicted octanol–water partition coefficient (Wildman–Crippen LogP) is 3.30. The lowest BCUT2D eigenvalue weighted by atomic mass is 10.1. The lowest BCUT2D eigenvalue weighted by Gasteiger charge is -2.14. The second-order valence-electron chi connectivity index (χ2n) is 6.63. The SMILES string of the molecule is Cc1nn(C)c(C)c1CC(=O)OC(C)C(=O)Nc1ccc2ccccc2c1. The zero-order chi connectivity index (χ0) is 19.6. The highest BCUT2D eigenvalue weighted by Gasteiger charge is 2.20. The van der Waals surface area contributed by atoms with Gasteiger partial charge >= 0.3 is 5.97 Å². The van der Waals surface area contributed by atoms with E-state index in [4.69, 9.17) is 4.74 Å². The first-order chi connectivity index (χ1) is 12.8. The van der Waals surface area contributed by atoms with E-state index in [1.807, 2.05) is 63.4 Å². The Morgan fingerprint density at radius 3 is 2.52 bits per heavy atom. The van der Waals surface area contributed by atoms with Gasteiger partial charge in [-0.1, -0.05) is 30.3 Å². The molecule has 3 aromatic rings. The maximum absolute atomic E-state index is 12.4. The third kappa shape index (κ3) is 4.16. The number of nitrogens with zero attached hydrogens (tertiary/aromatic N) is 2. The molecule has 1 unspecified atom stereocenters. The molecule has 1 heterocycles. The molecule has 0 aliphatic heterocycles. The Balaban J connectivity index is 1.61. The number of carbonyl (C=O) groups is 2. The van der Waals surface area contributed by atoms with Crippen LogP contribution in [-0.4, -0.2) is 27.8 Å². The molecule has 1 amide bonds. The van der Waals surface area contributed by atoms with Gasteiger partial charge < -0.3 is 10.1 Å². The number of benzene rings is 2. The highest BCUT2D eigenvalue weighted by atomic mass is 16.5. The number of fused-ring (bicyclic) bond motifs is 1. The van der Waals surface area contributed by atoms with E-state index >= 15 is 0 Å². The number of aryl methyl sites for hydroxylation is 2. The fourth-order valence-corrected chi connectivity index (χ4v) is 3.02. The highest BCUT2D eigenvalue weighted by Crippen LogP contribution is 2.19. The molecule has 1 N–H and O–H groups in total. The van der Waals surface area contributed by atoms with Crippen LogP contribution < -0.4 is 5.32 Å². The Labute approximate surface area is 158 Å². The lowest BCUT2D eigenvalue weighted by Crippen LogP contribution is -2.30. The first kappa shape index (κ1) is 18.6. The molecular weight excluding hydrogens is 342 g/mol. The quantitative estimate of drug-likeness (QED) is 0.704. The Kier molecular flexibility index (Phi) is 5.26. The molecule has 0 aliphatic rings. The van der Waals surface area contributed by atoms with E-state index in [-0.39, 0.29) is 12.3 Å². The summed E-state index contributed by atoms with van der Waals surface area (Å²) in [6, 6.07) is 13.6. The maximum Gasteiger partial charge on any atom is 0.311 e. The molecule has 27 heavy (non-hydrogen) atoms. The minimum absolute atomic E-state index is 0.0963. The Morgan fingerprint density at radius 2 is 1.85 bits per heavy atom. The number of nitrogens with one attached hydrogen (secondary N) is 1. The van der Waals surface area contributed by atoms with Crippen LogP contribution in [0.1, 0.15) is 23.9 Å². The molecule has 1 aromatic heterocycles. The largest absolute Gasteiger partial charge is 0.452 e. The van der Waals surface area contributed by atoms with E-state index < -0.39 is 12.1 Å². The molecule has 0 fully saturated rings. The second kappa shape index (κ2) is 7.61. The molecule has 6 nitrogen and oxygen atoms in total. The molecule has 0 saturated heterocycles. The van der Waals surface area contributed by atoms with Crippen molar-refractivity contribution in [3.05, 3.63) is 59.4 Å². The van der Waals surface area contributed by atoms with Gasteiger partial charge in [-0.05, 0) is 43.7 Å². The molecule has 2 aromatic carbocycles. The monoisotopic (exact) mass is 365 g/mol. The molecule has 6 heteroatoms. The van der Waals surface area contributed by atoms with Gasteiger partial charge in [-0.25, -0.2) is 0 Å². The number of amides is 1. The van der Waals surface area contributed by atoms with E-state index in [1.165, 1.54) is 0 Å². The van der Waals surface area contributed by atoms with Gasteiger partial charge in [0.15, 0.2) is 6.10 Å². The van der Waals surface area contributed by atoms with Crippen LogP contribution in [0.5, 0.6) is 0 Å². The summed E-state index contributed by atoms with van der Waals surface area (Å²) in [6.45, 7) is 5.32. The number of esters is 1. The zero-order valence-electron chi connectivity index (χ0n) is 15.9. The number of aromatic nitrogens is 2. The van der Waals surface area contributed by atoms with Gasteiger partial charge in [-0.3, -0.25) is 14.3 Å². The number of hydrogen-bond donors (Lipinski definition) is 1. The number of ether oxygens (including phenoxy) is 1. The van der Waals surface area contributed by atoms with E-state index in [2.05, 4.69) is 10.4 Å². The summed E-state index contributed by atoms with van der Waals surface area (Å²) in [6.07, 6.45) is -0.791. The van der Waals surface area contributed by atoms with Crippen LogP contribution in [0.15, 0.2) is 42.5 Å². The average molecular weight is 365 g/mol. The number of hydrogen-bond acceptors (Lipinski definition) is 4. The Hall–Kier alpha value is -3.15. The molecule has 0 aliphatic carbocycles. The molecule has 0 saturated carbocycles. The minimum atomic E-state index is -0.888. The summed E-state index contributed by atoms with van der Waals surface area (Å²) in [5.74, 6) is -0.811. The number of carbonyl (C=O) groups excluding carboxylic acids is 2. The molecule has 140 valence electrons. The Bertz CT molecular complexity index is 1010.